The van der Waals surface area contributed by atoms with E-state index in [2.05, 4.69) is 49.3 Å². The molecule has 2 aromatic rings. The van der Waals surface area contributed by atoms with Crippen molar-refractivity contribution < 1.29 is 0 Å². The summed E-state index contributed by atoms with van der Waals surface area (Å²) in [5.74, 6) is 0. The number of hydrogen-bond donors (Lipinski definition) is 1. The number of aromatic nitrogens is 1. The third-order valence-electron chi connectivity index (χ3n) is 2.88. The minimum absolute atomic E-state index is 0.226. The summed E-state index contributed by atoms with van der Waals surface area (Å²) in [6.45, 7) is 7.46. The van der Waals surface area contributed by atoms with Crippen molar-refractivity contribution in [2.45, 2.75) is 33.2 Å². The first-order valence-electron chi connectivity index (χ1n) is 6.43. The lowest BCUT2D eigenvalue weighted by atomic mass is 10.1. The van der Waals surface area contributed by atoms with Crippen LogP contribution in [0.5, 0.6) is 0 Å². The Morgan fingerprint density at radius 1 is 1.28 bits per heavy atom. The lowest BCUT2D eigenvalue weighted by molar-refractivity contribution is 0.593. The molecule has 0 spiro atoms. The summed E-state index contributed by atoms with van der Waals surface area (Å²) < 4.78 is 0. The maximum absolute atomic E-state index is 4.52. The summed E-state index contributed by atoms with van der Waals surface area (Å²) in [6.07, 6.45) is 3.03. The fourth-order valence-electron chi connectivity index (χ4n) is 1.97. The van der Waals surface area contributed by atoms with E-state index in [0.29, 0.717) is 0 Å². The summed E-state index contributed by atoms with van der Waals surface area (Å²) in [7, 11) is 0. The summed E-state index contributed by atoms with van der Waals surface area (Å²) >= 11 is 1.84. The standard InChI is InChI=1S/C15H20N2S/c1-4-8-17-15(14-6-5-12(3)18-14)13-10-11(2)7-9-16-13/h5-7,9-10,15,17H,4,8H2,1-3H3. The molecular weight excluding hydrogens is 240 g/mol. The predicted molar refractivity (Wildman–Crippen MR) is 78.2 cm³/mol. The smallest absolute Gasteiger partial charge is 0.0845 e. The number of hydrogen-bond acceptors (Lipinski definition) is 3. The van der Waals surface area contributed by atoms with Gasteiger partial charge in [0.1, 0.15) is 0 Å². The van der Waals surface area contributed by atoms with E-state index in [1.807, 2.05) is 23.6 Å². The molecule has 1 unspecified atom stereocenters. The zero-order valence-corrected chi connectivity index (χ0v) is 12.1. The third-order valence-corrected chi connectivity index (χ3v) is 3.94. The molecule has 2 heterocycles. The first kappa shape index (κ1) is 13.2. The molecule has 0 saturated heterocycles. The van der Waals surface area contributed by atoms with Crippen LogP contribution in [0.25, 0.3) is 0 Å². The Bertz CT molecular complexity index is 505. The fourth-order valence-corrected chi connectivity index (χ4v) is 2.93. The van der Waals surface area contributed by atoms with Crippen LogP contribution in [0, 0.1) is 13.8 Å². The van der Waals surface area contributed by atoms with Crippen LogP contribution in [0.15, 0.2) is 30.5 Å². The number of thiophene rings is 1. The molecule has 96 valence electrons. The van der Waals surface area contributed by atoms with Crippen molar-refractivity contribution in [3.05, 3.63) is 51.5 Å². The van der Waals surface area contributed by atoms with Gasteiger partial charge in [-0.05, 0) is 56.6 Å². The van der Waals surface area contributed by atoms with Crippen LogP contribution in [-0.4, -0.2) is 11.5 Å². The monoisotopic (exact) mass is 260 g/mol. The number of nitrogens with one attached hydrogen (secondary N) is 1. The van der Waals surface area contributed by atoms with Gasteiger partial charge in [0.05, 0.1) is 11.7 Å². The lowest BCUT2D eigenvalue weighted by Crippen LogP contribution is -2.23. The second kappa shape index (κ2) is 6.12. The Kier molecular flexibility index (Phi) is 4.50. The Hall–Kier alpha value is -1.19. The molecule has 0 aliphatic rings. The molecule has 1 atom stereocenters. The third kappa shape index (κ3) is 3.18. The van der Waals surface area contributed by atoms with Crippen molar-refractivity contribution in [1.29, 1.82) is 0 Å². The van der Waals surface area contributed by atoms with Gasteiger partial charge in [0, 0.05) is 16.0 Å². The zero-order chi connectivity index (χ0) is 13.0. The van der Waals surface area contributed by atoms with Gasteiger partial charge in [0.25, 0.3) is 0 Å². The van der Waals surface area contributed by atoms with Crippen molar-refractivity contribution in [3.8, 4) is 0 Å². The number of rotatable bonds is 5. The van der Waals surface area contributed by atoms with Gasteiger partial charge in [-0.3, -0.25) is 4.98 Å². The van der Waals surface area contributed by atoms with Crippen LogP contribution in [0.1, 0.15) is 40.4 Å². The quantitative estimate of drug-likeness (QED) is 0.883. The largest absolute Gasteiger partial charge is 0.304 e. The highest BCUT2D eigenvalue weighted by Crippen LogP contribution is 2.27. The first-order valence-corrected chi connectivity index (χ1v) is 7.24. The molecule has 0 fully saturated rings. The van der Waals surface area contributed by atoms with E-state index in [-0.39, 0.29) is 6.04 Å². The summed E-state index contributed by atoms with van der Waals surface area (Å²) in [5, 5.41) is 3.59. The Morgan fingerprint density at radius 3 is 2.72 bits per heavy atom. The van der Waals surface area contributed by atoms with Crippen LogP contribution in [0.4, 0.5) is 0 Å². The van der Waals surface area contributed by atoms with Gasteiger partial charge >= 0.3 is 0 Å². The fraction of sp³-hybridized carbons (Fsp3) is 0.400. The molecule has 2 nitrogen and oxygen atoms in total. The van der Waals surface area contributed by atoms with Crippen LogP contribution in [0.2, 0.25) is 0 Å². The molecule has 0 amide bonds. The maximum Gasteiger partial charge on any atom is 0.0845 e. The van der Waals surface area contributed by atoms with Gasteiger partial charge in [-0.25, -0.2) is 0 Å². The molecule has 0 radical (unpaired) electrons. The SMILES string of the molecule is CCCNC(c1cc(C)ccn1)c1ccc(C)s1. The predicted octanol–water partition coefficient (Wildman–Crippen LogP) is 3.85. The van der Waals surface area contributed by atoms with Crippen LogP contribution in [0.3, 0.4) is 0 Å². The maximum atomic E-state index is 4.52. The van der Waals surface area contributed by atoms with Crippen molar-refractivity contribution in [3.63, 3.8) is 0 Å². The number of nitrogens with zero attached hydrogens (tertiary/aromatic N) is 1. The first-order chi connectivity index (χ1) is 8.70. The topological polar surface area (TPSA) is 24.9 Å². The minimum atomic E-state index is 0.226. The van der Waals surface area contributed by atoms with Crippen molar-refractivity contribution in [2.75, 3.05) is 6.54 Å². The van der Waals surface area contributed by atoms with Crippen molar-refractivity contribution >= 4 is 11.3 Å². The van der Waals surface area contributed by atoms with Gasteiger partial charge in [0.15, 0.2) is 0 Å². The Labute approximate surface area is 113 Å². The van der Waals surface area contributed by atoms with E-state index in [1.54, 1.807) is 0 Å². The van der Waals surface area contributed by atoms with E-state index in [4.69, 9.17) is 0 Å². The molecule has 2 rings (SSSR count). The highest BCUT2D eigenvalue weighted by atomic mass is 32.1. The molecule has 0 saturated carbocycles. The minimum Gasteiger partial charge on any atom is -0.304 e. The van der Waals surface area contributed by atoms with Crippen molar-refractivity contribution in [1.82, 2.24) is 10.3 Å². The summed E-state index contributed by atoms with van der Waals surface area (Å²) in [6, 6.07) is 8.82. The average Bonchev–Trinajstić information content (AvgIpc) is 2.76. The molecule has 18 heavy (non-hydrogen) atoms. The van der Waals surface area contributed by atoms with Gasteiger partial charge in [-0.2, -0.15) is 0 Å². The number of pyridine rings is 1. The van der Waals surface area contributed by atoms with E-state index >= 15 is 0 Å². The van der Waals surface area contributed by atoms with Crippen LogP contribution in [-0.2, 0) is 0 Å². The molecular formula is C15H20N2S. The molecule has 2 aromatic heterocycles. The highest BCUT2D eigenvalue weighted by Gasteiger charge is 2.16. The zero-order valence-electron chi connectivity index (χ0n) is 11.2. The number of aryl methyl sites for hydroxylation is 2. The summed E-state index contributed by atoms with van der Waals surface area (Å²) in [4.78, 5) is 7.22. The Morgan fingerprint density at radius 2 is 2.11 bits per heavy atom. The van der Waals surface area contributed by atoms with Crippen LogP contribution >= 0.6 is 11.3 Å². The summed E-state index contributed by atoms with van der Waals surface area (Å²) in [5.41, 5.74) is 2.38. The molecule has 0 aromatic carbocycles. The second-order valence-electron chi connectivity index (χ2n) is 4.59. The van der Waals surface area contributed by atoms with Gasteiger partial charge in [-0.15, -0.1) is 11.3 Å². The van der Waals surface area contributed by atoms with Gasteiger partial charge in [0.2, 0.25) is 0 Å². The van der Waals surface area contributed by atoms with Gasteiger partial charge in [-0.1, -0.05) is 6.92 Å². The molecule has 3 heteroatoms. The van der Waals surface area contributed by atoms with Crippen molar-refractivity contribution in [2.24, 2.45) is 0 Å². The molecule has 1 N–H and O–H groups in total. The highest BCUT2D eigenvalue weighted by molar-refractivity contribution is 7.12. The van der Waals surface area contributed by atoms with E-state index in [9.17, 15) is 0 Å². The Balaban J connectivity index is 2.30. The average molecular weight is 260 g/mol. The van der Waals surface area contributed by atoms with E-state index < -0.39 is 0 Å². The molecule has 0 aliphatic carbocycles. The second-order valence-corrected chi connectivity index (χ2v) is 5.91. The van der Waals surface area contributed by atoms with E-state index in [0.717, 1.165) is 18.7 Å². The lowest BCUT2D eigenvalue weighted by Gasteiger charge is -2.17. The molecule has 0 bridgehead atoms. The normalized spacial score (nSPS) is 12.6. The van der Waals surface area contributed by atoms with E-state index in [1.165, 1.54) is 15.3 Å². The van der Waals surface area contributed by atoms with Crippen LogP contribution < -0.4 is 5.32 Å². The molecule has 0 aliphatic heterocycles. The van der Waals surface area contributed by atoms with Gasteiger partial charge < -0.3 is 5.32 Å².